The number of carboxylic acids is 1. The molecular weight excluding hydrogens is 388 g/mol. The number of carboxylic acid groups (broad SMARTS) is 1. The van der Waals surface area contributed by atoms with E-state index in [1.54, 1.807) is 24.3 Å². The third kappa shape index (κ3) is 6.23. The first-order valence-corrected chi connectivity index (χ1v) is 9.07. The van der Waals surface area contributed by atoms with Gasteiger partial charge < -0.3 is 15.2 Å². The molecule has 0 aliphatic carbocycles. The Morgan fingerprint density at radius 3 is 2.48 bits per heavy atom. The number of carbonyl (C=O) groups excluding carboxylic acids is 1. The highest BCUT2D eigenvalue weighted by Gasteiger charge is 2.11. The molecule has 0 radical (unpaired) electrons. The standard InChI is InChI=1S/C19H19ClN2O4S/c1-2-3-10-26-14-7-4-12(5-8-14)17(23)22-19(27)21-13-6-9-15(18(24)25)16(20)11-13/h4-9,11H,2-3,10H2,1H3,(H,24,25)(H2,21,22,23,27). The molecule has 0 fully saturated rings. The van der Waals surface area contributed by atoms with Gasteiger partial charge in [-0.05, 0) is 61.1 Å². The minimum Gasteiger partial charge on any atom is -0.494 e. The van der Waals surface area contributed by atoms with Gasteiger partial charge >= 0.3 is 5.97 Å². The van der Waals surface area contributed by atoms with Crippen molar-refractivity contribution in [3.63, 3.8) is 0 Å². The van der Waals surface area contributed by atoms with Crippen molar-refractivity contribution in [2.24, 2.45) is 0 Å². The van der Waals surface area contributed by atoms with Crippen LogP contribution in [0.1, 0.15) is 40.5 Å². The number of benzene rings is 2. The van der Waals surface area contributed by atoms with Crippen LogP contribution in [-0.4, -0.2) is 28.7 Å². The zero-order valence-electron chi connectivity index (χ0n) is 14.6. The minimum atomic E-state index is -1.12. The molecule has 27 heavy (non-hydrogen) atoms. The van der Waals surface area contributed by atoms with Crippen LogP contribution in [0.5, 0.6) is 5.75 Å². The van der Waals surface area contributed by atoms with Crippen molar-refractivity contribution < 1.29 is 19.4 Å². The Kier molecular flexibility index (Phi) is 7.57. The molecule has 0 aromatic heterocycles. The maximum absolute atomic E-state index is 12.2. The molecule has 2 aromatic rings. The Morgan fingerprint density at radius 1 is 1.19 bits per heavy atom. The van der Waals surface area contributed by atoms with E-state index in [-0.39, 0.29) is 21.6 Å². The van der Waals surface area contributed by atoms with E-state index < -0.39 is 5.97 Å². The van der Waals surface area contributed by atoms with Crippen molar-refractivity contribution in [3.05, 3.63) is 58.6 Å². The van der Waals surface area contributed by atoms with Crippen molar-refractivity contribution in [1.82, 2.24) is 5.32 Å². The van der Waals surface area contributed by atoms with E-state index in [1.807, 2.05) is 0 Å². The van der Waals surface area contributed by atoms with E-state index in [9.17, 15) is 9.59 Å². The quantitative estimate of drug-likeness (QED) is 0.468. The van der Waals surface area contributed by atoms with Crippen LogP contribution in [0.3, 0.4) is 0 Å². The molecule has 0 bridgehead atoms. The average molecular weight is 407 g/mol. The van der Waals surface area contributed by atoms with E-state index in [0.717, 1.165) is 12.8 Å². The number of unbranched alkanes of at least 4 members (excludes halogenated alkanes) is 1. The maximum atomic E-state index is 12.2. The van der Waals surface area contributed by atoms with Crippen LogP contribution in [0.2, 0.25) is 5.02 Å². The average Bonchev–Trinajstić information content (AvgIpc) is 2.62. The summed E-state index contributed by atoms with van der Waals surface area (Å²) in [5.74, 6) is -0.792. The summed E-state index contributed by atoms with van der Waals surface area (Å²) < 4.78 is 5.55. The lowest BCUT2D eigenvalue weighted by Crippen LogP contribution is -2.34. The number of rotatable bonds is 7. The van der Waals surface area contributed by atoms with Gasteiger partial charge in [-0.15, -0.1) is 0 Å². The molecule has 0 aliphatic rings. The highest BCUT2D eigenvalue weighted by Crippen LogP contribution is 2.21. The summed E-state index contributed by atoms with van der Waals surface area (Å²) in [6.07, 6.45) is 2.02. The van der Waals surface area contributed by atoms with Crippen LogP contribution < -0.4 is 15.4 Å². The van der Waals surface area contributed by atoms with Crippen LogP contribution in [0, 0.1) is 0 Å². The Morgan fingerprint density at radius 2 is 1.89 bits per heavy atom. The van der Waals surface area contributed by atoms with E-state index in [1.165, 1.54) is 18.2 Å². The van der Waals surface area contributed by atoms with Gasteiger partial charge in [0.1, 0.15) is 5.75 Å². The lowest BCUT2D eigenvalue weighted by atomic mass is 10.2. The highest BCUT2D eigenvalue weighted by molar-refractivity contribution is 7.80. The van der Waals surface area contributed by atoms with Crippen LogP contribution in [0.25, 0.3) is 0 Å². The Bertz CT molecular complexity index is 840. The molecule has 0 aliphatic heterocycles. The van der Waals surface area contributed by atoms with Gasteiger partial charge in [0.25, 0.3) is 5.91 Å². The number of anilines is 1. The van der Waals surface area contributed by atoms with Gasteiger partial charge in [0.05, 0.1) is 17.2 Å². The summed E-state index contributed by atoms with van der Waals surface area (Å²) in [4.78, 5) is 23.2. The van der Waals surface area contributed by atoms with Gasteiger partial charge in [0.2, 0.25) is 0 Å². The number of hydrogen-bond acceptors (Lipinski definition) is 4. The van der Waals surface area contributed by atoms with Crippen LogP contribution in [0.15, 0.2) is 42.5 Å². The predicted octanol–water partition coefficient (Wildman–Crippen LogP) is 4.34. The van der Waals surface area contributed by atoms with E-state index in [2.05, 4.69) is 17.6 Å². The molecule has 8 heteroatoms. The third-order valence-corrected chi connectivity index (χ3v) is 4.08. The molecule has 142 valence electrons. The molecule has 2 aromatic carbocycles. The second-order valence-corrected chi connectivity index (χ2v) is 6.45. The van der Waals surface area contributed by atoms with Gasteiger partial charge in [0.15, 0.2) is 5.11 Å². The summed E-state index contributed by atoms with van der Waals surface area (Å²) in [6.45, 7) is 2.72. The molecular formula is C19H19ClN2O4S. The van der Waals surface area contributed by atoms with Gasteiger partial charge in [-0.1, -0.05) is 24.9 Å². The maximum Gasteiger partial charge on any atom is 0.337 e. The molecule has 0 saturated carbocycles. The lowest BCUT2D eigenvalue weighted by molar-refractivity contribution is 0.0697. The number of nitrogens with one attached hydrogen (secondary N) is 2. The van der Waals surface area contributed by atoms with Crippen LogP contribution >= 0.6 is 23.8 Å². The van der Waals surface area contributed by atoms with Gasteiger partial charge in [0, 0.05) is 11.3 Å². The molecule has 2 rings (SSSR count). The molecule has 1 amide bonds. The molecule has 3 N–H and O–H groups in total. The summed E-state index contributed by atoms with van der Waals surface area (Å²) in [6, 6.07) is 11.0. The summed E-state index contributed by atoms with van der Waals surface area (Å²) in [5, 5.41) is 14.5. The van der Waals surface area contributed by atoms with Crippen LogP contribution in [0.4, 0.5) is 5.69 Å². The highest BCUT2D eigenvalue weighted by atomic mass is 35.5. The van der Waals surface area contributed by atoms with Gasteiger partial charge in [-0.3, -0.25) is 10.1 Å². The molecule has 0 spiro atoms. The fraction of sp³-hybridized carbons (Fsp3) is 0.211. The number of hydrogen-bond donors (Lipinski definition) is 3. The normalized spacial score (nSPS) is 10.1. The van der Waals surface area contributed by atoms with Crippen molar-refractivity contribution in [3.8, 4) is 5.75 Å². The summed E-state index contributed by atoms with van der Waals surface area (Å²) in [5.41, 5.74) is 0.884. The number of aromatic carboxylic acids is 1. The summed E-state index contributed by atoms with van der Waals surface area (Å²) >= 11 is 11.0. The van der Waals surface area contributed by atoms with Gasteiger partial charge in [-0.2, -0.15) is 0 Å². The topological polar surface area (TPSA) is 87.7 Å². The fourth-order valence-corrected chi connectivity index (χ4v) is 2.61. The SMILES string of the molecule is CCCCOc1ccc(C(=O)NC(=S)Nc2ccc(C(=O)O)c(Cl)c2)cc1. The fourth-order valence-electron chi connectivity index (χ4n) is 2.14. The summed E-state index contributed by atoms with van der Waals surface area (Å²) in [7, 11) is 0. The zero-order chi connectivity index (χ0) is 19.8. The van der Waals surface area contributed by atoms with E-state index in [4.69, 9.17) is 33.7 Å². The molecule has 0 unspecified atom stereocenters. The minimum absolute atomic E-state index is 0.0154. The lowest BCUT2D eigenvalue weighted by Gasteiger charge is -2.11. The number of amides is 1. The van der Waals surface area contributed by atoms with Crippen LogP contribution in [-0.2, 0) is 0 Å². The number of carbonyl (C=O) groups is 2. The second-order valence-electron chi connectivity index (χ2n) is 5.63. The molecule has 6 nitrogen and oxygen atoms in total. The van der Waals surface area contributed by atoms with Crippen molar-refractivity contribution in [2.75, 3.05) is 11.9 Å². The Labute approximate surface area is 167 Å². The zero-order valence-corrected chi connectivity index (χ0v) is 16.2. The van der Waals surface area contributed by atoms with E-state index in [0.29, 0.717) is 23.6 Å². The number of ether oxygens (including phenoxy) is 1. The van der Waals surface area contributed by atoms with Gasteiger partial charge in [-0.25, -0.2) is 4.79 Å². The monoisotopic (exact) mass is 406 g/mol. The second kappa shape index (κ2) is 9.89. The third-order valence-electron chi connectivity index (χ3n) is 3.57. The molecule has 0 saturated heterocycles. The Hall–Kier alpha value is -2.64. The van der Waals surface area contributed by atoms with Crippen molar-refractivity contribution in [2.45, 2.75) is 19.8 Å². The molecule has 0 heterocycles. The first-order chi connectivity index (χ1) is 12.9. The number of thiocarbonyl (C=S) groups is 1. The predicted molar refractivity (Wildman–Crippen MR) is 109 cm³/mol. The van der Waals surface area contributed by atoms with Crippen molar-refractivity contribution in [1.29, 1.82) is 0 Å². The Balaban J connectivity index is 1.92. The van der Waals surface area contributed by atoms with Crippen molar-refractivity contribution >= 4 is 46.5 Å². The number of halogens is 1. The first-order valence-electron chi connectivity index (χ1n) is 8.28. The molecule has 0 atom stereocenters. The van der Waals surface area contributed by atoms with E-state index >= 15 is 0 Å². The smallest absolute Gasteiger partial charge is 0.337 e. The first kappa shape index (κ1) is 20.7. The largest absolute Gasteiger partial charge is 0.494 e.